The molecule has 0 aromatic rings. The first-order valence-electron chi connectivity index (χ1n) is 4.55. The zero-order chi connectivity index (χ0) is 10.1. The number of rotatable bonds is 6. The normalized spacial score (nSPS) is 9.69. The van der Waals surface area contributed by atoms with Crippen molar-refractivity contribution < 1.29 is 19.4 Å². The predicted molar refractivity (Wildman–Crippen MR) is 46.9 cm³/mol. The highest BCUT2D eigenvalue weighted by Crippen LogP contribution is 1.99. The average Bonchev–Trinajstić information content (AvgIpc) is 2.11. The summed E-state index contributed by atoms with van der Waals surface area (Å²) >= 11 is 0. The maximum Gasteiger partial charge on any atom is 0.313 e. The molecule has 0 radical (unpaired) electrons. The van der Waals surface area contributed by atoms with Crippen molar-refractivity contribution >= 4 is 11.9 Å². The van der Waals surface area contributed by atoms with Crippen LogP contribution in [0.25, 0.3) is 0 Å². The quantitative estimate of drug-likeness (QED) is 0.499. The SMILES string of the molecule is CCCCC(=O)OC(=O)CCCO. The van der Waals surface area contributed by atoms with Gasteiger partial charge < -0.3 is 9.84 Å². The van der Waals surface area contributed by atoms with Crippen LogP contribution < -0.4 is 0 Å². The highest BCUT2D eigenvalue weighted by atomic mass is 16.6. The molecule has 0 aromatic heterocycles. The lowest BCUT2D eigenvalue weighted by molar-refractivity contribution is -0.159. The average molecular weight is 188 g/mol. The Morgan fingerprint density at radius 2 is 1.69 bits per heavy atom. The number of hydrogen-bond donors (Lipinski definition) is 1. The van der Waals surface area contributed by atoms with Gasteiger partial charge in [-0.1, -0.05) is 13.3 Å². The van der Waals surface area contributed by atoms with E-state index in [2.05, 4.69) is 4.74 Å². The molecular formula is C9H16O4. The van der Waals surface area contributed by atoms with E-state index in [1.54, 1.807) is 0 Å². The molecular weight excluding hydrogens is 172 g/mol. The second-order valence-electron chi connectivity index (χ2n) is 2.78. The molecule has 0 amide bonds. The molecule has 0 atom stereocenters. The van der Waals surface area contributed by atoms with E-state index < -0.39 is 11.9 Å². The van der Waals surface area contributed by atoms with E-state index in [0.717, 1.165) is 12.8 Å². The van der Waals surface area contributed by atoms with E-state index in [9.17, 15) is 9.59 Å². The molecule has 0 aliphatic rings. The Labute approximate surface area is 77.9 Å². The Kier molecular flexibility index (Phi) is 7.20. The van der Waals surface area contributed by atoms with Crippen LogP contribution in [0.5, 0.6) is 0 Å². The number of carbonyl (C=O) groups is 2. The first kappa shape index (κ1) is 12.1. The minimum absolute atomic E-state index is 0.0573. The summed E-state index contributed by atoms with van der Waals surface area (Å²) in [6.45, 7) is 1.90. The molecule has 0 saturated heterocycles. The molecule has 13 heavy (non-hydrogen) atoms. The van der Waals surface area contributed by atoms with Gasteiger partial charge in [0.1, 0.15) is 0 Å². The Hall–Kier alpha value is -0.900. The molecule has 0 spiro atoms. The van der Waals surface area contributed by atoms with Gasteiger partial charge in [0.05, 0.1) is 0 Å². The third-order valence-electron chi connectivity index (χ3n) is 1.50. The van der Waals surface area contributed by atoms with Crippen molar-refractivity contribution in [2.45, 2.75) is 39.0 Å². The smallest absolute Gasteiger partial charge is 0.313 e. The molecule has 0 rings (SSSR count). The molecule has 1 N–H and O–H groups in total. The topological polar surface area (TPSA) is 63.6 Å². The summed E-state index contributed by atoms with van der Waals surface area (Å²) in [5.74, 6) is -1.01. The van der Waals surface area contributed by atoms with Crippen molar-refractivity contribution in [1.29, 1.82) is 0 Å². The number of esters is 2. The Morgan fingerprint density at radius 3 is 2.15 bits per heavy atom. The van der Waals surface area contributed by atoms with Crippen molar-refractivity contribution in [3.05, 3.63) is 0 Å². The van der Waals surface area contributed by atoms with Gasteiger partial charge in [0.25, 0.3) is 0 Å². The molecule has 0 bridgehead atoms. The number of aliphatic hydroxyl groups excluding tert-OH is 1. The van der Waals surface area contributed by atoms with Crippen LogP contribution >= 0.6 is 0 Å². The van der Waals surface area contributed by atoms with Gasteiger partial charge >= 0.3 is 11.9 Å². The second kappa shape index (κ2) is 7.73. The zero-order valence-electron chi connectivity index (χ0n) is 7.91. The summed E-state index contributed by atoms with van der Waals surface area (Å²) in [5.41, 5.74) is 0. The summed E-state index contributed by atoms with van der Waals surface area (Å²) in [5, 5.41) is 8.40. The summed E-state index contributed by atoms with van der Waals surface area (Å²) in [7, 11) is 0. The number of ether oxygens (including phenoxy) is 1. The van der Waals surface area contributed by atoms with Crippen molar-refractivity contribution in [2.75, 3.05) is 6.61 Å². The van der Waals surface area contributed by atoms with Gasteiger partial charge in [0, 0.05) is 19.4 Å². The van der Waals surface area contributed by atoms with Gasteiger partial charge in [-0.3, -0.25) is 9.59 Å². The fourth-order valence-corrected chi connectivity index (χ4v) is 0.774. The van der Waals surface area contributed by atoms with Gasteiger partial charge in [-0.15, -0.1) is 0 Å². The molecule has 0 aliphatic carbocycles. The Bertz CT molecular complexity index is 147. The molecule has 76 valence electrons. The maximum absolute atomic E-state index is 10.9. The zero-order valence-corrected chi connectivity index (χ0v) is 7.91. The van der Waals surface area contributed by atoms with E-state index in [4.69, 9.17) is 5.11 Å². The molecule has 0 aromatic carbocycles. The first-order chi connectivity index (χ1) is 6.20. The van der Waals surface area contributed by atoms with Crippen LogP contribution in [0.1, 0.15) is 39.0 Å². The Balaban J connectivity index is 3.47. The minimum atomic E-state index is -0.546. The molecule has 0 fully saturated rings. The number of hydrogen-bond acceptors (Lipinski definition) is 4. The largest absolute Gasteiger partial charge is 0.396 e. The van der Waals surface area contributed by atoms with Gasteiger partial charge in [-0.25, -0.2) is 0 Å². The van der Waals surface area contributed by atoms with Crippen molar-refractivity contribution in [3.8, 4) is 0 Å². The maximum atomic E-state index is 10.9. The Morgan fingerprint density at radius 1 is 1.15 bits per heavy atom. The number of aliphatic hydroxyl groups is 1. The summed E-state index contributed by atoms with van der Waals surface area (Å²) in [6.07, 6.45) is 2.39. The number of unbranched alkanes of at least 4 members (excludes halogenated alkanes) is 1. The van der Waals surface area contributed by atoms with Crippen molar-refractivity contribution in [3.63, 3.8) is 0 Å². The van der Waals surface area contributed by atoms with E-state index in [1.807, 2.05) is 6.92 Å². The second-order valence-corrected chi connectivity index (χ2v) is 2.78. The standard InChI is InChI=1S/C9H16O4/c1-2-3-5-8(11)13-9(12)6-4-7-10/h10H,2-7H2,1H3. The summed E-state index contributed by atoms with van der Waals surface area (Å²) in [6, 6.07) is 0. The van der Waals surface area contributed by atoms with E-state index in [0.29, 0.717) is 12.8 Å². The van der Waals surface area contributed by atoms with E-state index in [1.165, 1.54) is 0 Å². The van der Waals surface area contributed by atoms with Crippen molar-refractivity contribution in [2.24, 2.45) is 0 Å². The van der Waals surface area contributed by atoms with Crippen LogP contribution in [-0.4, -0.2) is 23.7 Å². The molecule has 0 aliphatic heterocycles. The van der Waals surface area contributed by atoms with E-state index in [-0.39, 0.29) is 13.0 Å². The summed E-state index contributed by atoms with van der Waals surface area (Å²) < 4.78 is 4.47. The number of carbonyl (C=O) groups excluding carboxylic acids is 2. The van der Waals surface area contributed by atoms with Crippen LogP contribution in [0.15, 0.2) is 0 Å². The highest BCUT2D eigenvalue weighted by Gasteiger charge is 2.08. The minimum Gasteiger partial charge on any atom is -0.396 e. The van der Waals surface area contributed by atoms with Gasteiger partial charge in [0.15, 0.2) is 0 Å². The van der Waals surface area contributed by atoms with Crippen LogP contribution in [0.3, 0.4) is 0 Å². The fourth-order valence-electron chi connectivity index (χ4n) is 0.774. The monoisotopic (exact) mass is 188 g/mol. The van der Waals surface area contributed by atoms with Gasteiger partial charge in [0.2, 0.25) is 0 Å². The fraction of sp³-hybridized carbons (Fsp3) is 0.778. The van der Waals surface area contributed by atoms with Gasteiger partial charge in [-0.2, -0.15) is 0 Å². The predicted octanol–water partition coefficient (Wildman–Crippen LogP) is 1.02. The lowest BCUT2D eigenvalue weighted by atomic mass is 10.2. The molecule has 4 nitrogen and oxygen atoms in total. The van der Waals surface area contributed by atoms with Crippen LogP contribution in [0.2, 0.25) is 0 Å². The first-order valence-corrected chi connectivity index (χ1v) is 4.55. The van der Waals surface area contributed by atoms with E-state index >= 15 is 0 Å². The lowest BCUT2D eigenvalue weighted by Gasteiger charge is -2.00. The third-order valence-corrected chi connectivity index (χ3v) is 1.50. The van der Waals surface area contributed by atoms with Crippen LogP contribution in [0, 0.1) is 0 Å². The van der Waals surface area contributed by atoms with Gasteiger partial charge in [-0.05, 0) is 12.8 Å². The third kappa shape index (κ3) is 7.46. The molecule has 4 heteroatoms. The van der Waals surface area contributed by atoms with Crippen LogP contribution in [-0.2, 0) is 14.3 Å². The van der Waals surface area contributed by atoms with Crippen molar-refractivity contribution in [1.82, 2.24) is 0 Å². The highest BCUT2D eigenvalue weighted by molar-refractivity contribution is 5.85. The molecule has 0 heterocycles. The molecule has 0 saturated carbocycles. The molecule has 0 unspecified atom stereocenters. The summed E-state index contributed by atoms with van der Waals surface area (Å²) in [4.78, 5) is 21.7. The van der Waals surface area contributed by atoms with Crippen LogP contribution in [0.4, 0.5) is 0 Å². The lowest BCUT2D eigenvalue weighted by Crippen LogP contribution is -2.12.